The van der Waals surface area contributed by atoms with E-state index < -0.39 is 23.7 Å². The third-order valence-electron chi connectivity index (χ3n) is 5.32. The van der Waals surface area contributed by atoms with Crippen molar-refractivity contribution in [3.05, 3.63) is 76.9 Å². The molecule has 0 radical (unpaired) electrons. The van der Waals surface area contributed by atoms with E-state index in [-0.39, 0.29) is 25.3 Å². The Hall–Kier alpha value is -2.54. The summed E-state index contributed by atoms with van der Waals surface area (Å²) in [5.74, 6) is -0.548. The van der Waals surface area contributed by atoms with Gasteiger partial charge in [0.15, 0.2) is 6.17 Å². The number of nitrogens with one attached hydrogen (secondary N) is 1. The van der Waals surface area contributed by atoms with Gasteiger partial charge < -0.3 is 15.2 Å². The van der Waals surface area contributed by atoms with E-state index in [1.165, 1.54) is 0 Å². The maximum atomic E-state index is 15.7. The van der Waals surface area contributed by atoms with Crippen LogP contribution in [0.15, 0.2) is 60.7 Å². The van der Waals surface area contributed by atoms with Crippen molar-refractivity contribution in [2.24, 2.45) is 0 Å². The number of carbonyl (C=O) groups is 1. The normalized spacial score (nSPS) is 22.9. The number of aliphatic hydroxyl groups is 1. The minimum absolute atomic E-state index is 0.0700. The molecule has 2 N–H and O–H groups in total. The molecule has 1 saturated heterocycles. The fourth-order valence-electron chi connectivity index (χ4n) is 3.65. The van der Waals surface area contributed by atoms with Crippen LogP contribution in [0.1, 0.15) is 28.6 Å². The number of carbonyl (C=O) groups excluding carboxylic acids is 1. The van der Waals surface area contributed by atoms with Crippen LogP contribution < -0.4 is 5.32 Å². The lowest BCUT2D eigenvalue weighted by molar-refractivity contribution is -0.0948. The maximum absolute atomic E-state index is 15.7. The molecule has 1 aromatic heterocycles. The highest BCUT2D eigenvalue weighted by molar-refractivity contribution is 6.30. The molecule has 29 heavy (non-hydrogen) atoms. The molecule has 3 atom stereocenters. The zero-order valence-electron chi connectivity index (χ0n) is 15.5. The Morgan fingerprint density at radius 2 is 1.97 bits per heavy atom. The van der Waals surface area contributed by atoms with E-state index in [0.717, 1.165) is 5.39 Å². The van der Waals surface area contributed by atoms with Gasteiger partial charge in [-0.1, -0.05) is 48.0 Å². The number of benzene rings is 2. The Kier molecular flexibility index (Phi) is 5.50. The SMILES string of the molecule is O=C(N[C@@]1(C(F)c2ccc(Cl)cc2)CCOC[C@@H]1O)c1ccc2ccccc2n1. The van der Waals surface area contributed by atoms with Crippen LogP contribution in [0.25, 0.3) is 10.9 Å². The van der Waals surface area contributed by atoms with Crippen molar-refractivity contribution >= 4 is 28.4 Å². The summed E-state index contributed by atoms with van der Waals surface area (Å²) in [6.45, 7) is 0.149. The molecular formula is C22H20ClFN2O3. The van der Waals surface area contributed by atoms with Gasteiger partial charge in [-0.3, -0.25) is 4.79 Å². The van der Waals surface area contributed by atoms with E-state index in [1.54, 1.807) is 42.5 Å². The van der Waals surface area contributed by atoms with Crippen LogP contribution in [0.4, 0.5) is 4.39 Å². The van der Waals surface area contributed by atoms with Gasteiger partial charge in [0.25, 0.3) is 5.91 Å². The summed E-state index contributed by atoms with van der Waals surface area (Å²) in [5.41, 5.74) is -0.389. The summed E-state index contributed by atoms with van der Waals surface area (Å²) < 4.78 is 21.0. The van der Waals surface area contributed by atoms with Crippen molar-refractivity contribution in [1.82, 2.24) is 10.3 Å². The van der Waals surface area contributed by atoms with Gasteiger partial charge in [-0.25, -0.2) is 9.37 Å². The van der Waals surface area contributed by atoms with Crippen molar-refractivity contribution in [1.29, 1.82) is 0 Å². The number of ether oxygens (including phenoxy) is 1. The molecule has 2 aromatic carbocycles. The Morgan fingerprint density at radius 1 is 1.21 bits per heavy atom. The second-order valence-corrected chi connectivity index (χ2v) is 7.57. The molecule has 0 saturated carbocycles. The van der Waals surface area contributed by atoms with Crippen molar-refractivity contribution in [3.63, 3.8) is 0 Å². The lowest BCUT2D eigenvalue weighted by Gasteiger charge is -2.44. The number of fused-ring (bicyclic) bond motifs is 1. The van der Waals surface area contributed by atoms with E-state index >= 15 is 4.39 Å². The number of rotatable bonds is 4. The standard InChI is InChI=1S/C22H20ClFN2O3/c23-16-8-5-15(6-9-16)20(24)22(11-12-29-13-19(22)27)26-21(28)18-10-7-14-3-1-2-4-17(14)25-18/h1-10,19-20,27H,11-13H2,(H,26,28)/t19-,20?,22-/m0/s1. The lowest BCUT2D eigenvalue weighted by Crippen LogP contribution is -2.63. The van der Waals surface area contributed by atoms with Gasteiger partial charge in [0.1, 0.15) is 17.3 Å². The lowest BCUT2D eigenvalue weighted by atomic mass is 9.79. The van der Waals surface area contributed by atoms with Crippen LogP contribution in [0, 0.1) is 0 Å². The smallest absolute Gasteiger partial charge is 0.270 e. The second-order valence-electron chi connectivity index (χ2n) is 7.14. The molecule has 5 nitrogen and oxygen atoms in total. The summed E-state index contributed by atoms with van der Waals surface area (Å²) in [4.78, 5) is 17.4. The molecule has 1 fully saturated rings. The average Bonchev–Trinajstić information content (AvgIpc) is 2.75. The predicted octanol–water partition coefficient (Wildman–Crippen LogP) is 3.85. The Bertz CT molecular complexity index is 1030. The minimum Gasteiger partial charge on any atom is -0.388 e. The fraction of sp³-hybridized carbons (Fsp3) is 0.273. The van der Waals surface area contributed by atoms with Crippen LogP contribution in [0.3, 0.4) is 0 Å². The van der Waals surface area contributed by atoms with Crippen LogP contribution in [0.5, 0.6) is 0 Å². The second kappa shape index (κ2) is 8.06. The highest BCUT2D eigenvalue weighted by Gasteiger charge is 2.49. The average molecular weight is 415 g/mol. The van der Waals surface area contributed by atoms with E-state index in [9.17, 15) is 9.90 Å². The molecular weight excluding hydrogens is 395 g/mol. The maximum Gasteiger partial charge on any atom is 0.270 e. The van der Waals surface area contributed by atoms with Crippen molar-refractivity contribution in [2.45, 2.75) is 24.2 Å². The number of para-hydroxylation sites is 1. The van der Waals surface area contributed by atoms with Gasteiger partial charge in [-0.2, -0.15) is 0 Å². The first-order valence-electron chi connectivity index (χ1n) is 9.33. The summed E-state index contributed by atoms with van der Waals surface area (Å²) in [7, 11) is 0. The molecule has 0 bridgehead atoms. The Morgan fingerprint density at radius 3 is 2.72 bits per heavy atom. The number of hydrogen-bond donors (Lipinski definition) is 2. The van der Waals surface area contributed by atoms with Crippen LogP contribution in [-0.2, 0) is 4.74 Å². The minimum atomic E-state index is -1.65. The molecule has 1 aliphatic heterocycles. The molecule has 1 aliphatic rings. The quantitative estimate of drug-likeness (QED) is 0.680. The van der Waals surface area contributed by atoms with Gasteiger partial charge in [0, 0.05) is 17.0 Å². The first-order chi connectivity index (χ1) is 14.0. The monoisotopic (exact) mass is 414 g/mol. The van der Waals surface area contributed by atoms with Gasteiger partial charge in [-0.05, 0) is 36.2 Å². The third-order valence-corrected chi connectivity index (χ3v) is 5.57. The van der Waals surface area contributed by atoms with Crippen molar-refractivity contribution in [3.8, 4) is 0 Å². The molecule has 1 unspecified atom stereocenters. The van der Waals surface area contributed by atoms with Crippen LogP contribution >= 0.6 is 11.6 Å². The van der Waals surface area contributed by atoms with E-state index in [4.69, 9.17) is 16.3 Å². The molecule has 7 heteroatoms. The van der Waals surface area contributed by atoms with Gasteiger partial charge in [-0.15, -0.1) is 0 Å². The summed E-state index contributed by atoms with van der Waals surface area (Å²) >= 11 is 5.91. The molecule has 0 spiro atoms. The van der Waals surface area contributed by atoms with Crippen LogP contribution in [-0.4, -0.2) is 40.9 Å². The first kappa shape index (κ1) is 19.8. The zero-order chi connectivity index (χ0) is 20.4. The molecule has 0 aliphatic carbocycles. The Balaban J connectivity index is 1.67. The summed E-state index contributed by atoms with van der Waals surface area (Å²) in [5, 5.41) is 14.8. The number of hydrogen-bond acceptors (Lipinski definition) is 4. The van der Waals surface area contributed by atoms with Crippen LogP contribution in [0.2, 0.25) is 5.02 Å². The molecule has 2 heterocycles. The number of amides is 1. The predicted molar refractivity (Wildman–Crippen MR) is 109 cm³/mol. The van der Waals surface area contributed by atoms with Crippen molar-refractivity contribution < 1.29 is 19.0 Å². The number of aliphatic hydroxyl groups excluding tert-OH is 1. The molecule has 4 rings (SSSR count). The number of aromatic nitrogens is 1. The van der Waals surface area contributed by atoms with E-state index in [2.05, 4.69) is 10.3 Å². The fourth-order valence-corrected chi connectivity index (χ4v) is 3.78. The Labute approximate surface area is 172 Å². The third kappa shape index (κ3) is 3.83. The van der Waals surface area contributed by atoms with Crippen molar-refractivity contribution in [2.75, 3.05) is 13.2 Å². The number of pyridine rings is 1. The zero-order valence-corrected chi connectivity index (χ0v) is 16.3. The summed E-state index contributed by atoms with van der Waals surface area (Å²) in [6, 6.07) is 17.1. The number of halogens is 2. The van der Waals surface area contributed by atoms with Gasteiger partial charge >= 0.3 is 0 Å². The molecule has 3 aromatic rings. The summed E-state index contributed by atoms with van der Waals surface area (Å²) in [6.07, 6.45) is -2.74. The molecule has 1 amide bonds. The highest BCUT2D eigenvalue weighted by Crippen LogP contribution is 2.38. The highest BCUT2D eigenvalue weighted by atomic mass is 35.5. The number of nitrogens with zero attached hydrogens (tertiary/aromatic N) is 1. The number of alkyl halides is 1. The van der Waals surface area contributed by atoms with Gasteiger partial charge in [0.2, 0.25) is 0 Å². The van der Waals surface area contributed by atoms with E-state index in [0.29, 0.717) is 16.1 Å². The topological polar surface area (TPSA) is 71.5 Å². The van der Waals surface area contributed by atoms with Gasteiger partial charge in [0.05, 0.1) is 12.1 Å². The van der Waals surface area contributed by atoms with E-state index in [1.807, 2.05) is 18.2 Å². The largest absolute Gasteiger partial charge is 0.388 e. The first-order valence-corrected chi connectivity index (χ1v) is 9.71. The molecule has 150 valence electrons.